The molecule has 0 radical (unpaired) electrons. The van der Waals surface area contributed by atoms with E-state index in [2.05, 4.69) is 6.58 Å². The highest BCUT2D eigenvalue weighted by molar-refractivity contribution is 6.05. The molecule has 92 valence electrons. The van der Waals surface area contributed by atoms with E-state index in [0.29, 0.717) is 6.42 Å². The van der Waals surface area contributed by atoms with Crippen LogP contribution < -0.4 is 0 Å². The smallest absolute Gasteiger partial charge is 0.167 e. The van der Waals surface area contributed by atoms with Crippen LogP contribution in [0.1, 0.15) is 35.2 Å². The number of benzene rings is 1. The monoisotopic (exact) mass is 240 g/mol. The van der Waals surface area contributed by atoms with Crippen LogP contribution in [-0.2, 0) is 11.2 Å². The minimum Gasteiger partial charge on any atom is -0.299 e. The molecule has 3 rings (SSSR count). The van der Waals surface area contributed by atoms with Crippen LogP contribution in [0.25, 0.3) is 0 Å². The van der Waals surface area contributed by atoms with Gasteiger partial charge in [0.1, 0.15) is 5.78 Å². The van der Waals surface area contributed by atoms with Crippen molar-refractivity contribution in [3.05, 3.63) is 47.5 Å². The number of rotatable bonds is 1. The summed E-state index contributed by atoms with van der Waals surface area (Å²) < 4.78 is 0. The first kappa shape index (κ1) is 11.4. The SMILES string of the molecule is C=C1CCC(C2Cc3ccccc3C2=O)C(=O)C1. The highest BCUT2D eigenvalue weighted by Gasteiger charge is 2.40. The standard InChI is InChI=1S/C16H16O2/c1-10-6-7-13(15(17)8-10)14-9-11-4-2-3-5-12(11)16(14)18/h2-5,13-14H,1,6-9H2. The van der Waals surface area contributed by atoms with E-state index < -0.39 is 0 Å². The van der Waals surface area contributed by atoms with Gasteiger partial charge in [-0.1, -0.05) is 36.4 Å². The van der Waals surface area contributed by atoms with Gasteiger partial charge in [-0.05, 0) is 24.8 Å². The van der Waals surface area contributed by atoms with Crippen LogP contribution in [0, 0.1) is 11.8 Å². The highest BCUT2D eigenvalue weighted by Crippen LogP contribution is 2.37. The quantitative estimate of drug-likeness (QED) is 0.707. The summed E-state index contributed by atoms with van der Waals surface area (Å²) in [5, 5.41) is 0. The van der Waals surface area contributed by atoms with Gasteiger partial charge in [-0.3, -0.25) is 9.59 Å². The second kappa shape index (κ2) is 4.20. The average Bonchev–Trinajstić information content (AvgIpc) is 2.68. The molecule has 0 spiro atoms. The number of hydrogen-bond donors (Lipinski definition) is 0. The Labute approximate surface area is 107 Å². The number of ketones is 2. The molecule has 18 heavy (non-hydrogen) atoms. The Morgan fingerprint density at radius 2 is 1.89 bits per heavy atom. The van der Waals surface area contributed by atoms with E-state index >= 15 is 0 Å². The van der Waals surface area contributed by atoms with Gasteiger partial charge in [-0.25, -0.2) is 0 Å². The topological polar surface area (TPSA) is 34.1 Å². The van der Waals surface area contributed by atoms with Crippen molar-refractivity contribution >= 4 is 11.6 Å². The molecule has 2 atom stereocenters. The van der Waals surface area contributed by atoms with Crippen LogP contribution in [0.5, 0.6) is 0 Å². The Morgan fingerprint density at radius 1 is 1.11 bits per heavy atom. The second-order valence-corrected chi connectivity index (χ2v) is 5.37. The van der Waals surface area contributed by atoms with E-state index in [1.165, 1.54) is 0 Å². The van der Waals surface area contributed by atoms with Gasteiger partial charge < -0.3 is 0 Å². The van der Waals surface area contributed by atoms with E-state index in [1.807, 2.05) is 24.3 Å². The molecule has 0 N–H and O–H groups in total. The molecule has 0 amide bonds. The molecule has 1 aromatic rings. The maximum absolute atomic E-state index is 12.3. The zero-order valence-corrected chi connectivity index (χ0v) is 10.3. The third-order valence-electron chi connectivity index (χ3n) is 4.19. The third kappa shape index (κ3) is 1.72. The summed E-state index contributed by atoms with van der Waals surface area (Å²) in [6.45, 7) is 3.88. The molecule has 2 aliphatic rings. The van der Waals surface area contributed by atoms with E-state index in [0.717, 1.165) is 36.0 Å². The first-order valence-corrected chi connectivity index (χ1v) is 6.48. The first-order chi connectivity index (χ1) is 8.66. The molecule has 1 saturated carbocycles. The van der Waals surface area contributed by atoms with Crippen molar-refractivity contribution in [1.82, 2.24) is 0 Å². The lowest BCUT2D eigenvalue weighted by molar-refractivity contribution is -0.124. The Hall–Kier alpha value is -1.70. The zero-order valence-electron chi connectivity index (χ0n) is 10.3. The van der Waals surface area contributed by atoms with Crippen LogP contribution >= 0.6 is 0 Å². The van der Waals surface area contributed by atoms with Crippen molar-refractivity contribution in [2.45, 2.75) is 25.7 Å². The van der Waals surface area contributed by atoms with Crippen molar-refractivity contribution in [3.63, 3.8) is 0 Å². The van der Waals surface area contributed by atoms with Gasteiger partial charge in [0, 0.05) is 23.8 Å². The summed E-state index contributed by atoms with van der Waals surface area (Å²) in [5.74, 6) is 0.160. The van der Waals surface area contributed by atoms with Gasteiger partial charge in [0.15, 0.2) is 5.78 Å². The maximum atomic E-state index is 12.3. The number of carbonyl (C=O) groups excluding carboxylic acids is 2. The third-order valence-corrected chi connectivity index (χ3v) is 4.19. The number of fused-ring (bicyclic) bond motifs is 1. The molecule has 1 fully saturated rings. The van der Waals surface area contributed by atoms with Crippen LogP contribution in [0.3, 0.4) is 0 Å². The van der Waals surface area contributed by atoms with Crippen LogP contribution in [-0.4, -0.2) is 11.6 Å². The van der Waals surface area contributed by atoms with Crippen LogP contribution in [0.15, 0.2) is 36.4 Å². The van der Waals surface area contributed by atoms with Crippen LogP contribution in [0.2, 0.25) is 0 Å². The fourth-order valence-corrected chi connectivity index (χ4v) is 3.21. The van der Waals surface area contributed by atoms with Crippen molar-refractivity contribution < 1.29 is 9.59 Å². The molecule has 2 aliphatic carbocycles. The van der Waals surface area contributed by atoms with E-state index in [9.17, 15) is 9.59 Å². The molecule has 0 bridgehead atoms. The minimum atomic E-state index is -0.122. The Morgan fingerprint density at radius 3 is 2.61 bits per heavy atom. The molecular weight excluding hydrogens is 224 g/mol. The predicted octanol–water partition coefficient (Wildman–Crippen LogP) is 2.97. The summed E-state index contributed by atoms with van der Waals surface area (Å²) in [4.78, 5) is 24.4. The van der Waals surface area contributed by atoms with Gasteiger partial charge in [0.05, 0.1) is 0 Å². The number of carbonyl (C=O) groups is 2. The van der Waals surface area contributed by atoms with Gasteiger partial charge in [0.2, 0.25) is 0 Å². The normalized spacial score (nSPS) is 27.4. The molecule has 2 nitrogen and oxygen atoms in total. The molecule has 0 heterocycles. The Balaban J connectivity index is 1.86. The lowest BCUT2D eigenvalue weighted by atomic mass is 9.76. The van der Waals surface area contributed by atoms with Crippen molar-refractivity contribution in [2.24, 2.45) is 11.8 Å². The molecule has 1 aromatic carbocycles. The summed E-state index contributed by atoms with van der Waals surface area (Å²) in [6, 6.07) is 7.73. The lowest BCUT2D eigenvalue weighted by Crippen LogP contribution is -2.31. The predicted molar refractivity (Wildman–Crippen MR) is 69.5 cm³/mol. The van der Waals surface area contributed by atoms with E-state index in [1.54, 1.807) is 0 Å². The molecule has 0 aliphatic heterocycles. The van der Waals surface area contributed by atoms with Gasteiger partial charge in [-0.2, -0.15) is 0 Å². The van der Waals surface area contributed by atoms with Gasteiger partial charge in [0.25, 0.3) is 0 Å². The molecule has 0 aromatic heterocycles. The van der Waals surface area contributed by atoms with Gasteiger partial charge in [-0.15, -0.1) is 0 Å². The van der Waals surface area contributed by atoms with Crippen molar-refractivity contribution in [1.29, 1.82) is 0 Å². The van der Waals surface area contributed by atoms with E-state index in [-0.39, 0.29) is 23.4 Å². The number of Topliss-reactive ketones (excluding diaryl/α,β-unsaturated/α-hetero) is 2. The second-order valence-electron chi connectivity index (χ2n) is 5.37. The highest BCUT2D eigenvalue weighted by atomic mass is 16.1. The molecule has 2 heteroatoms. The van der Waals surface area contributed by atoms with Crippen molar-refractivity contribution in [2.75, 3.05) is 0 Å². The fraction of sp³-hybridized carbons (Fsp3) is 0.375. The number of hydrogen-bond acceptors (Lipinski definition) is 2. The number of allylic oxidation sites excluding steroid dienone is 1. The van der Waals surface area contributed by atoms with Crippen LogP contribution in [0.4, 0.5) is 0 Å². The first-order valence-electron chi connectivity index (χ1n) is 6.48. The summed E-state index contributed by atoms with van der Waals surface area (Å²) in [6.07, 6.45) is 2.88. The zero-order chi connectivity index (χ0) is 12.7. The lowest BCUT2D eigenvalue weighted by Gasteiger charge is -2.26. The van der Waals surface area contributed by atoms with Crippen molar-refractivity contribution in [3.8, 4) is 0 Å². The average molecular weight is 240 g/mol. The fourth-order valence-electron chi connectivity index (χ4n) is 3.21. The van der Waals surface area contributed by atoms with Gasteiger partial charge >= 0.3 is 0 Å². The largest absolute Gasteiger partial charge is 0.299 e. The van der Waals surface area contributed by atoms with E-state index in [4.69, 9.17) is 0 Å². The summed E-state index contributed by atoms with van der Waals surface area (Å²) in [7, 11) is 0. The summed E-state index contributed by atoms with van der Waals surface area (Å²) >= 11 is 0. The Bertz CT molecular complexity index is 542. The minimum absolute atomic E-state index is 0.0876. The molecule has 0 saturated heterocycles. The molecular formula is C16H16O2. The maximum Gasteiger partial charge on any atom is 0.167 e. The molecule has 2 unspecified atom stereocenters. The summed E-state index contributed by atoms with van der Waals surface area (Å²) in [5.41, 5.74) is 2.93. The Kier molecular flexibility index (Phi) is 2.66.